The number of rotatable bonds is 4. The van der Waals surface area contributed by atoms with Crippen LogP contribution in [0.2, 0.25) is 0 Å². The van der Waals surface area contributed by atoms with Crippen LogP contribution in [0.4, 0.5) is 0 Å². The van der Waals surface area contributed by atoms with Crippen LogP contribution < -0.4 is 5.63 Å². The van der Waals surface area contributed by atoms with Gasteiger partial charge in [-0.05, 0) is 24.6 Å². The molecule has 0 aliphatic rings. The molecule has 2 aromatic carbocycles. The lowest BCUT2D eigenvalue weighted by Gasteiger charge is -2.16. The maximum absolute atomic E-state index is 12.4. The Morgan fingerprint density at radius 2 is 2.00 bits per heavy atom. The standard InChI is InChI=1S/C19H14O4/c1-12(20)11-15(13-7-3-2-4-8-13)17-18(21)14-9-5-6-10-16(14)23-19(17)22/h2-4,6-8,10,15,21H,11H2,1H3. The van der Waals surface area contributed by atoms with E-state index in [1.807, 2.05) is 30.3 Å². The number of hydrogen-bond donors (Lipinski definition) is 1. The number of aromatic hydroxyl groups is 1. The highest BCUT2D eigenvalue weighted by atomic mass is 16.4. The van der Waals surface area contributed by atoms with Crippen molar-refractivity contribution in [3.63, 3.8) is 0 Å². The number of carbonyl (C=O) groups excluding carboxylic acids is 1. The quantitative estimate of drug-likeness (QED) is 0.803. The SMILES string of the molecule is CC(=O)CC(c1ccccc1)c1c(O)c2c#cccc2oc1=O. The summed E-state index contributed by atoms with van der Waals surface area (Å²) in [6.07, 6.45) is 0.102. The first kappa shape index (κ1) is 14.9. The highest BCUT2D eigenvalue weighted by molar-refractivity contribution is 5.83. The van der Waals surface area contributed by atoms with Crippen molar-refractivity contribution in [2.45, 2.75) is 19.3 Å². The molecule has 1 N–H and O–H groups in total. The molecular weight excluding hydrogens is 292 g/mol. The van der Waals surface area contributed by atoms with Crippen molar-refractivity contribution < 1.29 is 14.3 Å². The Bertz CT molecular complexity index is 910. The molecule has 1 heterocycles. The fourth-order valence-electron chi connectivity index (χ4n) is 2.69. The first-order valence-electron chi connectivity index (χ1n) is 7.20. The van der Waals surface area contributed by atoms with Crippen molar-refractivity contribution in [2.24, 2.45) is 0 Å². The Kier molecular flexibility index (Phi) is 3.86. The van der Waals surface area contributed by atoms with Gasteiger partial charge in [-0.2, -0.15) is 0 Å². The van der Waals surface area contributed by atoms with Crippen molar-refractivity contribution in [3.8, 4) is 5.75 Å². The highest BCUT2D eigenvalue weighted by Crippen LogP contribution is 2.35. The van der Waals surface area contributed by atoms with Crippen LogP contribution in [0.1, 0.15) is 30.4 Å². The summed E-state index contributed by atoms with van der Waals surface area (Å²) in [6, 6.07) is 17.7. The Balaban J connectivity index is 2.26. The van der Waals surface area contributed by atoms with E-state index in [9.17, 15) is 14.7 Å². The second-order valence-corrected chi connectivity index (χ2v) is 5.36. The molecule has 0 fully saturated rings. The van der Waals surface area contributed by atoms with Gasteiger partial charge in [-0.1, -0.05) is 42.5 Å². The Hall–Kier alpha value is -3.06. The van der Waals surface area contributed by atoms with Crippen molar-refractivity contribution in [1.29, 1.82) is 0 Å². The molecule has 0 saturated heterocycles. The van der Waals surface area contributed by atoms with Crippen LogP contribution in [0.5, 0.6) is 5.75 Å². The molecule has 4 heteroatoms. The third-order valence-electron chi connectivity index (χ3n) is 3.72. The molecule has 3 rings (SSSR count). The van der Waals surface area contributed by atoms with Crippen LogP contribution in [0.3, 0.4) is 0 Å². The molecule has 1 atom stereocenters. The molecule has 1 unspecified atom stereocenters. The molecule has 4 nitrogen and oxygen atoms in total. The molecular formula is C19H14O4. The van der Waals surface area contributed by atoms with E-state index < -0.39 is 11.5 Å². The molecule has 0 amide bonds. The molecule has 23 heavy (non-hydrogen) atoms. The van der Waals surface area contributed by atoms with Crippen molar-refractivity contribution >= 4 is 16.8 Å². The van der Waals surface area contributed by atoms with E-state index in [1.54, 1.807) is 12.1 Å². The van der Waals surface area contributed by atoms with E-state index in [-0.39, 0.29) is 34.5 Å². The summed E-state index contributed by atoms with van der Waals surface area (Å²) >= 11 is 0. The van der Waals surface area contributed by atoms with Crippen LogP contribution in [-0.2, 0) is 4.79 Å². The summed E-state index contributed by atoms with van der Waals surface area (Å²) < 4.78 is 5.28. The largest absolute Gasteiger partial charge is 0.506 e. The minimum Gasteiger partial charge on any atom is -0.506 e. The van der Waals surface area contributed by atoms with Gasteiger partial charge in [-0.3, -0.25) is 4.79 Å². The zero-order valence-electron chi connectivity index (χ0n) is 12.5. The number of carbonyl (C=O) groups is 1. The molecule has 0 aliphatic heterocycles. The lowest BCUT2D eigenvalue weighted by Crippen LogP contribution is -2.16. The average molecular weight is 306 g/mol. The number of Topliss-reactive ketones (excluding diaryl/α,β-unsaturated/α-hetero) is 1. The van der Waals surface area contributed by atoms with Crippen molar-refractivity contribution in [1.82, 2.24) is 0 Å². The molecule has 0 bridgehead atoms. The van der Waals surface area contributed by atoms with E-state index in [1.165, 1.54) is 6.92 Å². The normalized spacial score (nSPS) is 11.9. The van der Waals surface area contributed by atoms with E-state index >= 15 is 0 Å². The van der Waals surface area contributed by atoms with E-state index in [2.05, 4.69) is 12.1 Å². The highest BCUT2D eigenvalue weighted by Gasteiger charge is 2.25. The molecule has 3 aromatic rings. The van der Waals surface area contributed by atoms with E-state index in [0.717, 1.165) is 5.56 Å². The first-order chi connectivity index (χ1) is 11.1. The number of hydrogen-bond acceptors (Lipinski definition) is 4. The summed E-state index contributed by atoms with van der Waals surface area (Å²) in [5.74, 6) is -0.854. The van der Waals surface area contributed by atoms with Gasteiger partial charge in [-0.25, -0.2) is 4.79 Å². The zero-order chi connectivity index (χ0) is 16.4. The molecule has 0 radical (unpaired) electrons. The fraction of sp³-hybridized carbons (Fsp3) is 0.158. The predicted octanol–water partition coefficient (Wildman–Crippen LogP) is 3.21. The lowest BCUT2D eigenvalue weighted by atomic mass is 9.87. The van der Waals surface area contributed by atoms with Gasteiger partial charge in [0.25, 0.3) is 0 Å². The van der Waals surface area contributed by atoms with Crippen LogP contribution in [0.25, 0.3) is 11.0 Å². The Morgan fingerprint density at radius 3 is 2.70 bits per heavy atom. The fourth-order valence-corrected chi connectivity index (χ4v) is 2.69. The van der Waals surface area contributed by atoms with Gasteiger partial charge in [0.15, 0.2) is 5.58 Å². The van der Waals surface area contributed by atoms with Gasteiger partial charge >= 0.3 is 5.63 Å². The number of ketones is 1. The monoisotopic (exact) mass is 306 g/mol. The lowest BCUT2D eigenvalue weighted by molar-refractivity contribution is -0.117. The molecule has 114 valence electrons. The second-order valence-electron chi connectivity index (χ2n) is 5.36. The summed E-state index contributed by atoms with van der Waals surface area (Å²) in [4.78, 5) is 24.0. The minimum absolute atomic E-state index is 0.0785. The van der Waals surface area contributed by atoms with Gasteiger partial charge in [-0.15, -0.1) is 0 Å². The van der Waals surface area contributed by atoms with Crippen LogP contribution >= 0.6 is 0 Å². The Morgan fingerprint density at radius 1 is 1.26 bits per heavy atom. The summed E-state index contributed by atoms with van der Waals surface area (Å²) in [5.41, 5.74) is 0.439. The second kappa shape index (κ2) is 5.98. The summed E-state index contributed by atoms with van der Waals surface area (Å²) in [5, 5.41) is 10.8. The van der Waals surface area contributed by atoms with Gasteiger partial charge in [0, 0.05) is 12.3 Å². The van der Waals surface area contributed by atoms with Gasteiger partial charge in [0.05, 0.1) is 5.56 Å². The van der Waals surface area contributed by atoms with Crippen molar-refractivity contribution in [3.05, 3.63) is 76.1 Å². The smallest absolute Gasteiger partial charge is 0.343 e. The van der Waals surface area contributed by atoms with Crippen LogP contribution in [-0.4, -0.2) is 10.9 Å². The average Bonchev–Trinajstić information content (AvgIpc) is 2.54. The van der Waals surface area contributed by atoms with Crippen molar-refractivity contribution in [2.75, 3.05) is 0 Å². The molecule has 0 spiro atoms. The topological polar surface area (TPSA) is 67.5 Å². The third-order valence-corrected chi connectivity index (χ3v) is 3.72. The van der Waals surface area contributed by atoms with E-state index in [0.29, 0.717) is 0 Å². The third kappa shape index (κ3) is 2.82. The van der Waals surface area contributed by atoms with Gasteiger partial charge in [0.2, 0.25) is 0 Å². The van der Waals surface area contributed by atoms with Crippen LogP contribution in [0, 0.1) is 12.1 Å². The first-order valence-corrected chi connectivity index (χ1v) is 7.20. The van der Waals surface area contributed by atoms with Crippen LogP contribution in [0.15, 0.2) is 51.7 Å². The predicted molar refractivity (Wildman–Crippen MR) is 85.4 cm³/mol. The van der Waals surface area contributed by atoms with Gasteiger partial charge in [0.1, 0.15) is 16.9 Å². The van der Waals surface area contributed by atoms with E-state index in [4.69, 9.17) is 4.42 Å². The molecule has 0 aliphatic carbocycles. The number of fused-ring (bicyclic) bond motifs is 1. The maximum atomic E-state index is 12.4. The van der Waals surface area contributed by atoms with Gasteiger partial charge < -0.3 is 9.52 Å². The zero-order valence-corrected chi connectivity index (χ0v) is 12.5. The Labute approximate surface area is 133 Å². The minimum atomic E-state index is -0.648. The molecule has 0 saturated carbocycles. The summed E-state index contributed by atoms with van der Waals surface area (Å²) in [7, 11) is 0. The number of benzene rings is 1. The maximum Gasteiger partial charge on any atom is 0.343 e. The summed E-state index contributed by atoms with van der Waals surface area (Å²) in [6.45, 7) is 1.45. The molecule has 1 aromatic heterocycles.